The van der Waals surface area contributed by atoms with Crippen molar-refractivity contribution in [3.05, 3.63) is 35.4 Å². The van der Waals surface area contributed by atoms with Gasteiger partial charge < -0.3 is 5.11 Å². The first-order chi connectivity index (χ1) is 8.09. The van der Waals surface area contributed by atoms with E-state index < -0.39 is 23.7 Å². The summed E-state index contributed by atoms with van der Waals surface area (Å²) in [7, 11) is 0. The van der Waals surface area contributed by atoms with Crippen molar-refractivity contribution in [1.82, 2.24) is 5.32 Å². The number of benzene rings is 1. The molecule has 5 nitrogen and oxygen atoms in total. The maximum Gasteiger partial charge on any atom is 0.303 e. The van der Waals surface area contributed by atoms with Crippen molar-refractivity contribution in [2.24, 2.45) is 0 Å². The summed E-state index contributed by atoms with van der Waals surface area (Å²) in [5.74, 6) is -2.35. The van der Waals surface area contributed by atoms with E-state index in [0.29, 0.717) is 11.1 Å². The molecular formula is C12H11NO4. The average molecular weight is 233 g/mol. The minimum absolute atomic E-state index is 0.0966. The van der Waals surface area contributed by atoms with Crippen molar-refractivity contribution in [1.29, 1.82) is 0 Å². The number of fused-ring (bicyclic) bond motifs is 1. The van der Waals surface area contributed by atoms with Crippen molar-refractivity contribution in [2.45, 2.75) is 18.8 Å². The van der Waals surface area contributed by atoms with Crippen LogP contribution in [0.15, 0.2) is 24.3 Å². The highest BCUT2D eigenvalue weighted by Gasteiger charge is 2.31. The summed E-state index contributed by atoms with van der Waals surface area (Å²) in [5, 5.41) is 10.9. The Kier molecular flexibility index (Phi) is 2.91. The van der Waals surface area contributed by atoms with Crippen LogP contribution in [-0.4, -0.2) is 22.9 Å². The standard InChI is InChI=1S/C12H11NO4/c14-10(15)6-5-9-7-3-1-2-4-8(7)11(16)13-12(9)17/h1-4,9H,5-6H2,(H,14,15)(H,13,16,17)/t9-/m0/s1. The number of carboxylic acids is 1. The van der Waals surface area contributed by atoms with Gasteiger partial charge in [0.2, 0.25) is 5.91 Å². The van der Waals surface area contributed by atoms with E-state index in [1.54, 1.807) is 24.3 Å². The zero-order valence-electron chi connectivity index (χ0n) is 8.97. The number of nitrogens with one attached hydrogen (secondary N) is 1. The molecule has 2 rings (SSSR count). The molecular weight excluding hydrogens is 222 g/mol. The zero-order valence-corrected chi connectivity index (χ0v) is 8.97. The van der Waals surface area contributed by atoms with Crippen molar-refractivity contribution in [3.8, 4) is 0 Å². The topological polar surface area (TPSA) is 83.5 Å². The van der Waals surface area contributed by atoms with Crippen LogP contribution in [-0.2, 0) is 9.59 Å². The van der Waals surface area contributed by atoms with Gasteiger partial charge in [0, 0.05) is 12.0 Å². The van der Waals surface area contributed by atoms with Crippen LogP contribution in [0.1, 0.15) is 34.7 Å². The molecule has 1 heterocycles. The second kappa shape index (κ2) is 4.37. The van der Waals surface area contributed by atoms with E-state index in [1.807, 2.05) is 0 Å². The van der Waals surface area contributed by atoms with Gasteiger partial charge in [0.25, 0.3) is 5.91 Å². The summed E-state index contributed by atoms with van der Waals surface area (Å²) in [4.78, 5) is 33.7. The fraction of sp³-hybridized carbons (Fsp3) is 0.250. The number of carbonyl (C=O) groups excluding carboxylic acids is 2. The molecule has 0 saturated carbocycles. The average Bonchev–Trinajstić information content (AvgIpc) is 2.28. The van der Waals surface area contributed by atoms with E-state index in [2.05, 4.69) is 5.32 Å². The quantitative estimate of drug-likeness (QED) is 0.760. The molecule has 1 aromatic rings. The molecule has 17 heavy (non-hydrogen) atoms. The second-order valence-electron chi connectivity index (χ2n) is 3.89. The molecule has 2 N–H and O–H groups in total. The highest BCUT2D eigenvalue weighted by molar-refractivity contribution is 6.11. The fourth-order valence-electron chi connectivity index (χ4n) is 1.97. The van der Waals surface area contributed by atoms with E-state index in [0.717, 1.165) is 0 Å². The van der Waals surface area contributed by atoms with Gasteiger partial charge in [-0.3, -0.25) is 19.7 Å². The van der Waals surface area contributed by atoms with Crippen molar-refractivity contribution >= 4 is 17.8 Å². The van der Waals surface area contributed by atoms with Gasteiger partial charge in [-0.1, -0.05) is 18.2 Å². The van der Waals surface area contributed by atoms with Crippen LogP contribution in [0.2, 0.25) is 0 Å². The smallest absolute Gasteiger partial charge is 0.303 e. The van der Waals surface area contributed by atoms with Gasteiger partial charge in [0.1, 0.15) is 0 Å². The van der Waals surface area contributed by atoms with E-state index >= 15 is 0 Å². The Labute approximate surface area is 97.4 Å². The highest BCUT2D eigenvalue weighted by atomic mass is 16.4. The molecule has 1 atom stereocenters. The lowest BCUT2D eigenvalue weighted by Gasteiger charge is -2.23. The van der Waals surface area contributed by atoms with Crippen molar-refractivity contribution in [2.75, 3.05) is 0 Å². The second-order valence-corrected chi connectivity index (χ2v) is 3.89. The fourth-order valence-corrected chi connectivity index (χ4v) is 1.97. The number of amides is 2. The monoisotopic (exact) mass is 233 g/mol. The molecule has 0 unspecified atom stereocenters. The first-order valence-corrected chi connectivity index (χ1v) is 5.25. The third-order valence-corrected chi connectivity index (χ3v) is 2.78. The summed E-state index contributed by atoms with van der Waals surface area (Å²) in [6.07, 6.45) is 0.103. The summed E-state index contributed by atoms with van der Waals surface area (Å²) in [6, 6.07) is 6.77. The molecule has 88 valence electrons. The van der Waals surface area contributed by atoms with Crippen molar-refractivity contribution < 1.29 is 19.5 Å². The number of imide groups is 1. The van der Waals surface area contributed by atoms with Crippen LogP contribution in [0.3, 0.4) is 0 Å². The van der Waals surface area contributed by atoms with Crippen LogP contribution in [0, 0.1) is 0 Å². The molecule has 0 spiro atoms. The first kappa shape index (κ1) is 11.3. The Morgan fingerprint density at radius 2 is 2.00 bits per heavy atom. The van der Waals surface area contributed by atoms with Gasteiger partial charge in [-0.15, -0.1) is 0 Å². The minimum Gasteiger partial charge on any atom is -0.481 e. The minimum atomic E-state index is -0.952. The molecule has 0 bridgehead atoms. The van der Waals surface area contributed by atoms with Crippen LogP contribution >= 0.6 is 0 Å². The highest BCUT2D eigenvalue weighted by Crippen LogP contribution is 2.28. The van der Waals surface area contributed by atoms with Crippen LogP contribution in [0.4, 0.5) is 0 Å². The lowest BCUT2D eigenvalue weighted by Crippen LogP contribution is -2.40. The lowest BCUT2D eigenvalue weighted by atomic mass is 9.86. The van der Waals surface area contributed by atoms with Crippen molar-refractivity contribution in [3.63, 3.8) is 0 Å². The Bertz CT molecular complexity index is 495. The molecule has 1 aliphatic heterocycles. The summed E-state index contributed by atoms with van der Waals surface area (Å²) in [6.45, 7) is 0. The maximum absolute atomic E-state index is 11.7. The third-order valence-electron chi connectivity index (χ3n) is 2.78. The SMILES string of the molecule is O=C(O)CC[C@@H]1C(=O)NC(=O)c2ccccc21. The molecule has 0 aromatic heterocycles. The van der Waals surface area contributed by atoms with E-state index in [9.17, 15) is 14.4 Å². The molecule has 0 aliphatic carbocycles. The first-order valence-electron chi connectivity index (χ1n) is 5.25. The molecule has 0 fully saturated rings. The van der Waals surface area contributed by atoms with E-state index in [-0.39, 0.29) is 12.8 Å². The van der Waals surface area contributed by atoms with Crippen LogP contribution < -0.4 is 5.32 Å². The predicted molar refractivity (Wildman–Crippen MR) is 58.5 cm³/mol. The molecule has 5 heteroatoms. The Balaban J connectivity index is 2.32. The Morgan fingerprint density at radius 1 is 1.29 bits per heavy atom. The summed E-state index contributed by atoms with van der Waals surface area (Å²) >= 11 is 0. The number of carbonyl (C=O) groups is 3. The zero-order chi connectivity index (χ0) is 12.4. The normalized spacial score (nSPS) is 18.5. The van der Waals surface area contributed by atoms with Gasteiger partial charge in [-0.2, -0.15) is 0 Å². The van der Waals surface area contributed by atoms with Crippen LogP contribution in [0.5, 0.6) is 0 Å². The van der Waals surface area contributed by atoms with Gasteiger partial charge in [-0.05, 0) is 18.1 Å². The van der Waals surface area contributed by atoms with Gasteiger partial charge in [0.05, 0.1) is 5.92 Å². The van der Waals surface area contributed by atoms with Gasteiger partial charge >= 0.3 is 5.97 Å². The molecule has 1 aromatic carbocycles. The molecule has 2 amide bonds. The molecule has 0 radical (unpaired) electrons. The molecule has 0 saturated heterocycles. The number of carboxylic acid groups (broad SMARTS) is 1. The third kappa shape index (κ3) is 2.18. The summed E-state index contributed by atoms with van der Waals surface area (Å²) < 4.78 is 0. The predicted octanol–water partition coefficient (Wildman–Crippen LogP) is 0.905. The Morgan fingerprint density at radius 3 is 2.71 bits per heavy atom. The molecule has 1 aliphatic rings. The largest absolute Gasteiger partial charge is 0.481 e. The Hall–Kier alpha value is -2.17. The lowest BCUT2D eigenvalue weighted by molar-refractivity contribution is -0.137. The maximum atomic E-state index is 11.7. The van der Waals surface area contributed by atoms with Gasteiger partial charge in [0.15, 0.2) is 0 Å². The number of aliphatic carboxylic acids is 1. The number of hydrogen-bond donors (Lipinski definition) is 2. The van der Waals surface area contributed by atoms with E-state index in [1.165, 1.54) is 0 Å². The number of rotatable bonds is 3. The van der Waals surface area contributed by atoms with Gasteiger partial charge in [-0.25, -0.2) is 0 Å². The summed E-state index contributed by atoms with van der Waals surface area (Å²) in [5.41, 5.74) is 1.06. The van der Waals surface area contributed by atoms with E-state index in [4.69, 9.17) is 5.11 Å². The van der Waals surface area contributed by atoms with Crippen LogP contribution in [0.25, 0.3) is 0 Å². The number of hydrogen-bond acceptors (Lipinski definition) is 3.